The normalized spacial score (nSPS) is 20.7. The number of nitrogens with zero attached hydrogens (tertiary/aromatic N) is 5. The van der Waals surface area contributed by atoms with Gasteiger partial charge in [0.25, 0.3) is 12.3 Å². The summed E-state index contributed by atoms with van der Waals surface area (Å²) in [6, 6.07) is 5.43. The number of anilines is 1. The van der Waals surface area contributed by atoms with E-state index in [1.165, 1.54) is 50.8 Å². The van der Waals surface area contributed by atoms with Crippen molar-refractivity contribution < 1.29 is 18.0 Å². The van der Waals surface area contributed by atoms with Crippen molar-refractivity contribution in [2.24, 2.45) is 5.41 Å². The molecule has 2 aromatic heterocycles. The fourth-order valence-electron chi connectivity index (χ4n) is 6.03. The Morgan fingerprint density at radius 3 is 2.59 bits per heavy atom. The minimum absolute atomic E-state index is 0.0187. The van der Waals surface area contributed by atoms with E-state index in [2.05, 4.69) is 25.2 Å². The van der Waals surface area contributed by atoms with Crippen LogP contribution in [-0.2, 0) is 0 Å². The van der Waals surface area contributed by atoms with Crippen LogP contribution in [0.15, 0.2) is 36.8 Å². The monoisotopic (exact) mass is 512 g/mol. The van der Waals surface area contributed by atoms with Crippen molar-refractivity contribution in [3.05, 3.63) is 59.3 Å². The van der Waals surface area contributed by atoms with Gasteiger partial charge in [0.1, 0.15) is 12.1 Å². The number of fused-ring (bicyclic) bond motifs is 1. The number of amides is 1. The van der Waals surface area contributed by atoms with Crippen LogP contribution in [-0.4, -0.2) is 57.6 Å². The molecule has 3 fully saturated rings. The lowest BCUT2D eigenvalue weighted by atomic mass is 10.0. The number of hydrogen-bond donors (Lipinski definition) is 1. The van der Waals surface area contributed by atoms with Crippen molar-refractivity contribution in [1.29, 1.82) is 0 Å². The molecule has 10 heteroatoms. The predicted molar refractivity (Wildman–Crippen MR) is 133 cm³/mol. The van der Waals surface area contributed by atoms with Gasteiger partial charge in [0.05, 0.1) is 22.9 Å². The lowest BCUT2D eigenvalue weighted by Gasteiger charge is -2.38. The van der Waals surface area contributed by atoms with Crippen molar-refractivity contribution in [1.82, 2.24) is 24.8 Å². The molecule has 1 atom stereocenters. The van der Waals surface area contributed by atoms with Gasteiger partial charge in [-0.05, 0) is 57.1 Å². The van der Waals surface area contributed by atoms with Crippen molar-refractivity contribution >= 4 is 17.2 Å². The molecule has 0 unspecified atom stereocenters. The molecule has 1 aromatic carbocycles. The zero-order valence-corrected chi connectivity index (χ0v) is 20.8. The molecular formula is C27H31F3N6O. The molecule has 3 aromatic rings. The Kier molecular flexibility index (Phi) is 6.09. The number of nitrogens with one attached hydrogen (secondary N) is 1. The largest absolute Gasteiger partial charge is 0.368 e. The standard InChI is InChI=1S/C27H31F3N6O/c1-17(20-3-2-4-21(23(20)28)24(29)30)33-26(37)18-13-22(25-31-16-32-36(25)14-18)34-10-5-19(6-11-34)35-12-9-27(15-35)7-8-27/h2-4,13-14,16-17,19,24H,5-12,15H2,1H3,(H,33,37)/t17-/m1/s1. The second kappa shape index (κ2) is 9.31. The van der Waals surface area contributed by atoms with E-state index in [0.29, 0.717) is 22.7 Å². The van der Waals surface area contributed by atoms with Crippen LogP contribution in [0, 0.1) is 11.2 Å². The average molecular weight is 513 g/mol. The van der Waals surface area contributed by atoms with Gasteiger partial charge in [0, 0.05) is 37.4 Å². The number of halogens is 3. The van der Waals surface area contributed by atoms with Gasteiger partial charge in [-0.1, -0.05) is 18.2 Å². The van der Waals surface area contributed by atoms with Crippen LogP contribution in [0.25, 0.3) is 5.65 Å². The highest BCUT2D eigenvalue weighted by Crippen LogP contribution is 2.53. The molecule has 6 rings (SSSR count). The summed E-state index contributed by atoms with van der Waals surface area (Å²) in [4.78, 5) is 22.5. The van der Waals surface area contributed by atoms with Gasteiger partial charge >= 0.3 is 0 Å². The number of benzene rings is 1. The first kappa shape index (κ1) is 24.2. The van der Waals surface area contributed by atoms with Crippen LogP contribution in [0.1, 0.15) is 73.0 Å². The summed E-state index contributed by atoms with van der Waals surface area (Å²) < 4.78 is 42.5. The summed E-state index contributed by atoms with van der Waals surface area (Å²) in [5.74, 6) is -1.43. The Bertz CT molecular complexity index is 1310. The first-order chi connectivity index (χ1) is 17.8. The van der Waals surface area contributed by atoms with Crippen LogP contribution in [0.5, 0.6) is 0 Å². The Morgan fingerprint density at radius 1 is 1.14 bits per heavy atom. The molecular weight excluding hydrogens is 481 g/mol. The average Bonchev–Trinajstić information content (AvgIpc) is 3.27. The molecule has 7 nitrogen and oxygen atoms in total. The number of aromatic nitrogens is 3. The van der Waals surface area contributed by atoms with E-state index < -0.39 is 29.8 Å². The van der Waals surface area contributed by atoms with Crippen molar-refractivity contribution in [2.75, 3.05) is 31.1 Å². The maximum atomic E-state index is 14.6. The van der Waals surface area contributed by atoms with Gasteiger partial charge in [0.2, 0.25) is 0 Å². The number of likely N-dealkylation sites (tertiary alicyclic amines) is 1. The quantitative estimate of drug-likeness (QED) is 0.516. The Labute approximate surface area is 213 Å². The van der Waals surface area contributed by atoms with E-state index >= 15 is 0 Å². The van der Waals surface area contributed by atoms with Crippen LogP contribution >= 0.6 is 0 Å². The van der Waals surface area contributed by atoms with E-state index in [1.807, 2.05) is 0 Å². The zero-order chi connectivity index (χ0) is 25.7. The minimum Gasteiger partial charge on any atom is -0.368 e. The molecule has 1 aliphatic carbocycles. The molecule has 1 N–H and O–H groups in total. The van der Waals surface area contributed by atoms with Crippen molar-refractivity contribution in [2.45, 2.75) is 57.5 Å². The SMILES string of the molecule is C[C@@H](NC(=O)c1cc(N2CCC(N3CCC4(CC4)C3)CC2)c2ncnn2c1)c1cccc(C(F)F)c1F. The van der Waals surface area contributed by atoms with Crippen molar-refractivity contribution in [3.8, 4) is 0 Å². The second-order valence-electron chi connectivity index (χ2n) is 10.8. The number of rotatable bonds is 6. The minimum atomic E-state index is -2.93. The van der Waals surface area contributed by atoms with Gasteiger partial charge in [-0.15, -0.1) is 0 Å². The lowest BCUT2D eigenvalue weighted by molar-refractivity contribution is 0.0938. The molecule has 2 saturated heterocycles. The van der Waals surface area contributed by atoms with Gasteiger partial charge < -0.3 is 10.2 Å². The first-order valence-corrected chi connectivity index (χ1v) is 13.0. The Morgan fingerprint density at radius 2 is 1.89 bits per heavy atom. The van der Waals surface area contributed by atoms with E-state index in [1.54, 1.807) is 23.7 Å². The Hall–Kier alpha value is -3.14. The smallest absolute Gasteiger partial charge is 0.266 e. The molecule has 1 spiro atoms. The van der Waals surface area contributed by atoms with E-state index in [4.69, 9.17) is 0 Å². The number of hydrogen-bond acceptors (Lipinski definition) is 5. The summed E-state index contributed by atoms with van der Waals surface area (Å²) in [6.45, 7) is 5.75. The number of carbonyl (C=O) groups excluding carboxylic acids is 1. The second-order valence-corrected chi connectivity index (χ2v) is 10.8. The third kappa shape index (κ3) is 4.56. The van der Waals surface area contributed by atoms with E-state index in [-0.39, 0.29) is 5.56 Å². The molecule has 1 amide bonds. The molecule has 0 radical (unpaired) electrons. The van der Waals surface area contributed by atoms with Gasteiger partial charge in [-0.2, -0.15) is 5.10 Å². The third-order valence-electron chi connectivity index (χ3n) is 8.47. The number of piperidine rings is 1. The summed E-state index contributed by atoms with van der Waals surface area (Å²) in [6.07, 6.45) is 6.33. The summed E-state index contributed by atoms with van der Waals surface area (Å²) in [5, 5.41) is 7.00. The molecule has 37 heavy (non-hydrogen) atoms. The number of carbonyl (C=O) groups is 1. The van der Waals surface area contributed by atoms with E-state index in [9.17, 15) is 18.0 Å². The highest BCUT2D eigenvalue weighted by molar-refractivity contribution is 5.96. The molecule has 1 saturated carbocycles. The molecule has 4 heterocycles. The Balaban J connectivity index is 1.18. The van der Waals surface area contributed by atoms with Gasteiger partial charge in [-0.25, -0.2) is 22.7 Å². The topological polar surface area (TPSA) is 65.8 Å². The highest BCUT2D eigenvalue weighted by atomic mass is 19.3. The van der Waals surface area contributed by atoms with Crippen molar-refractivity contribution in [3.63, 3.8) is 0 Å². The zero-order valence-electron chi connectivity index (χ0n) is 20.8. The van der Waals surface area contributed by atoms with Crippen LogP contribution < -0.4 is 10.2 Å². The summed E-state index contributed by atoms with van der Waals surface area (Å²) >= 11 is 0. The summed E-state index contributed by atoms with van der Waals surface area (Å²) in [7, 11) is 0. The maximum absolute atomic E-state index is 14.6. The third-order valence-corrected chi connectivity index (χ3v) is 8.47. The number of alkyl halides is 2. The van der Waals surface area contributed by atoms with Gasteiger partial charge in [0.15, 0.2) is 5.65 Å². The molecule has 2 aliphatic heterocycles. The van der Waals surface area contributed by atoms with E-state index in [0.717, 1.165) is 37.7 Å². The number of pyridine rings is 1. The fraction of sp³-hybridized carbons (Fsp3) is 0.519. The van der Waals surface area contributed by atoms with Gasteiger partial charge in [-0.3, -0.25) is 9.69 Å². The molecule has 0 bridgehead atoms. The fourth-order valence-corrected chi connectivity index (χ4v) is 6.03. The molecule has 196 valence electrons. The molecule has 3 aliphatic rings. The maximum Gasteiger partial charge on any atom is 0.266 e. The first-order valence-electron chi connectivity index (χ1n) is 13.0. The lowest BCUT2D eigenvalue weighted by Crippen LogP contribution is -2.44. The van der Waals surface area contributed by atoms with Crippen LogP contribution in [0.3, 0.4) is 0 Å². The predicted octanol–water partition coefficient (Wildman–Crippen LogP) is 4.75. The highest BCUT2D eigenvalue weighted by Gasteiger charge is 2.49. The van der Waals surface area contributed by atoms with Crippen LogP contribution in [0.2, 0.25) is 0 Å². The van der Waals surface area contributed by atoms with Crippen LogP contribution in [0.4, 0.5) is 18.9 Å². The summed E-state index contributed by atoms with van der Waals surface area (Å²) in [5.41, 5.74) is 1.83.